The predicted molar refractivity (Wildman–Crippen MR) is 49.1 cm³/mol. The van der Waals surface area contributed by atoms with Gasteiger partial charge in [-0.3, -0.25) is 0 Å². The second-order valence-corrected chi connectivity index (χ2v) is 2.95. The van der Waals surface area contributed by atoms with Crippen LogP contribution >= 0.6 is 0 Å². The van der Waals surface area contributed by atoms with Crippen molar-refractivity contribution in [1.29, 1.82) is 10.8 Å². The van der Waals surface area contributed by atoms with Gasteiger partial charge < -0.3 is 0 Å². The first-order valence-electron chi connectivity index (χ1n) is 4.30. The van der Waals surface area contributed by atoms with Gasteiger partial charge in [0.05, 0.1) is 0 Å². The van der Waals surface area contributed by atoms with E-state index in [4.69, 9.17) is 20.4 Å². The van der Waals surface area contributed by atoms with Crippen LogP contribution in [0.3, 0.4) is 0 Å². The quantitative estimate of drug-likeness (QED) is 0.447. The summed E-state index contributed by atoms with van der Waals surface area (Å²) >= 11 is 0. The number of isocyanates is 2. The predicted octanol–water partition coefficient (Wildman–Crippen LogP) is 2.39. The number of carbonyl (C=O) groups excluding carboxylic acids is 2. The fourth-order valence-electron chi connectivity index (χ4n) is 1.31. The molecule has 4 nitrogen and oxygen atoms in total. The number of nitrogens with one attached hydrogen (secondary N) is 2. The molecule has 2 N–H and O–H groups in total. The van der Waals surface area contributed by atoms with Crippen LogP contribution < -0.4 is 0 Å². The van der Waals surface area contributed by atoms with Crippen molar-refractivity contribution in [2.45, 2.75) is 39.0 Å². The fraction of sp³-hybridized carbons (Fsp3) is 0.778. The van der Waals surface area contributed by atoms with Gasteiger partial charge in [0.2, 0.25) is 12.2 Å². The molecule has 0 bridgehead atoms. The van der Waals surface area contributed by atoms with Crippen molar-refractivity contribution >= 4 is 12.2 Å². The van der Waals surface area contributed by atoms with E-state index in [1.165, 1.54) is 32.1 Å². The molecule has 1 aliphatic carbocycles. The van der Waals surface area contributed by atoms with Gasteiger partial charge in [0.1, 0.15) is 0 Å². The Morgan fingerprint density at radius 2 is 1.31 bits per heavy atom. The van der Waals surface area contributed by atoms with E-state index < -0.39 is 0 Å². The van der Waals surface area contributed by atoms with Gasteiger partial charge in [0.15, 0.2) is 0 Å². The highest BCUT2D eigenvalue weighted by atomic mass is 16.1. The lowest BCUT2D eigenvalue weighted by atomic mass is 9.91. The van der Waals surface area contributed by atoms with E-state index >= 15 is 0 Å². The highest BCUT2D eigenvalue weighted by Gasteiger charge is 2.05. The van der Waals surface area contributed by atoms with E-state index in [0.717, 1.165) is 18.1 Å². The summed E-state index contributed by atoms with van der Waals surface area (Å²) in [6.07, 6.45) is 8.94. The monoisotopic (exact) mass is 184 g/mol. The van der Waals surface area contributed by atoms with Gasteiger partial charge in [-0.2, -0.15) is 0 Å². The van der Waals surface area contributed by atoms with Crippen molar-refractivity contribution in [3.05, 3.63) is 0 Å². The van der Waals surface area contributed by atoms with Crippen molar-refractivity contribution in [2.24, 2.45) is 5.92 Å². The molecule has 0 amide bonds. The van der Waals surface area contributed by atoms with Crippen molar-refractivity contribution < 1.29 is 9.59 Å². The zero-order valence-corrected chi connectivity index (χ0v) is 7.93. The highest BCUT2D eigenvalue weighted by Crippen LogP contribution is 2.21. The van der Waals surface area contributed by atoms with E-state index in [9.17, 15) is 0 Å². The zero-order valence-electron chi connectivity index (χ0n) is 7.93. The number of rotatable bonds is 0. The van der Waals surface area contributed by atoms with Gasteiger partial charge in [-0.25, -0.2) is 20.4 Å². The topological polar surface area (TPSA) is 81.8 Å². The van der Waals surface area contributed by atoms with E-state index in [0.29, 0.717) is 0 Å². The lowest BCUT2D eigenvalue weighted by Crippen LogP contribution is -1.99. The first-order valence-corrected chi connectivity index (χ1v) is 4.30. The summed E-state index contributed by atoms with van der Waals surface area (Å²) in [4.78, 5) is 16.7. The van der Waals surface area contributed by atoms with E-state index in [1.54, 1.807) is 0 Å². The maximum Gasteiger partial charge on any atom is 0.231 e. The Morgan fingerprint density at radius 1 is 1.00 bits per heavy atom. The minimum absolute atomic E-state index is 0.750. The second kappa shape index (κ2) is 13.4. The minimum Gasteiger partial charge on any atom is -0.222 e. The summed E-state index contributed by atoms with van der Waals surface area (Å²) < 4.78 is 0. The van der Waals surface area contributed by atoms with E-state index in [2.05, 4.69) is 6.92 Å². The highest BCUT2D eigenvalue weighted by molar-refractivity contribution is 5.26. The molecule has 0 aromatic heterocycles. The molecule has 13 heavy (non-hydrogen) atoms. The standard InChI is InChI=1S/C7H14.2CHNO/c1-7-5-3-2-4-6-7;2*2-1-3/h7H,2-6H2,1H3;2*2H. The molecule has 0 atom stereocenters. The number of hydrogen-bond donors (Lipinski definition) is 2. The van der Waals surface area contributed by atoms with Crippen LogP contribution in [-0.2, 0) is 9.59 Å². The third-order valence-electron chi connectivity index (χ3n) is 1.89. The summed E-state index contributed by atoms with van der Waals surface area (Å²) in [6, 6.07) is 0. The molecule has 0 aliphatic heterocycles. The average molecular weight is 184 g/mol. The largest absolute Gasteiger partial charge is 0.231 e. The third kappa shape index (κ3) is 18.1. The Labute approximate surface area is 78.4 Å². The Bertz CT molecular complexity index is 150. The van der Waals surface area contributed by atoms with Gasteiger partial charge in [-0.1, -0.05) is 39.0 Å². The van der Waals surface area contributed by atoms with Crippen LogP contribution in [0.2, 0.25) is 0 Å². The maximum absolute atomic E-state index is 8.35. The van der Waals surface area contributed by atoms with Crippen LogP contribution in [-0.4, -0.2) is 12.2 Å². The number of hydrogen-bond acceptors (Lipinski definition) is 4. The van der Waals surface area contributed by atoms with E-state index in [1.807, 2.05) is 0 Å². The molecule has 1 saturated carbocycles. The van der Waals surface area contributed by atoms with Gasteiger partial charge in [0.25, 0.3) is 0 Å². The molecule has 1 aliphatic rings. The smallest absolute Gasteiger partial charge is 0.222 e. The SMILES string of the molecule is CC1CCCCC1.N=C=O.N=C=O. The van der Waals surface area contributed by atoms with Crippen molar-refractivity contribution in [1.82, 2.24) is 0 Å². The summed E-state index contributed by atoms with van der Waals surface area (Å²) in [5.41, 5.74) is 0. The molecule has 0 radical (unpaired) electrons. The van der Waals surface area contributed by atoms with E-state index in [-0.39, 0.29) is 0 Å². The van der Waals surface area contributed by atoms with Crippen LogP contribution in [0.4, 0.5) is 0 Å². The van der Waals surface area contributed by atoms with Crippen molar-refractivity contribution in [2.75, 3.05) is 0 Å². The molecular weight excluding hydrogens is 168 g/mol. The Hall–Kier alpha value is -1.24. The normalized spacial score (nSPS) is 14.8. The summed E-state index contributed by atoms with van der Waals surface area (Å²) in [5.74, 6) is 1.04. The van der Waals surface area contributed by atoms with Crippen LogP contribution in [0.25, 0.3) is 0 Å². The van der Waals surface area contributed by atoms with Gasteiger partial charge in [-0.15, -0.1) is 0 Å². The third-order valence-corrected chi connectivity index (χ3v) is 1.89. The molecule has 0 heterocycles. The maximum atomic E-state index is 8.35. The van der Waals surface area contributed by atoms with Gasteiger partial charge >= 0.3 is 0 Å². The first kappa shape index (κ1) is 14.3. The molecule has 0 unspecified atom stereocenters. The molecule has 74 valence electrons. The fourth-order valence-corrected chi connectivity index (χ4v) is 1.31. The van der Waals surface area contributed by atoms with Crippen LogP contribution in [0, 0.1) is 16.7 Å². The molecule has 4 heteroatoms. The molecule has 0 saturated heterocycles. The zero-order chi connectivity index (χ0) is 10.5. The molecule has 1 fully saturated rings. The Kier molecular flexibility index (Phi) is 14.7. The van der Waals surface area contributed by atoms with Gasteiger partial charge in [-0.05, 0) is 5.92 Å². The lowest BCUT2D eigenvalue weighted by Gasteiger charge is -2.15. The molecule has 1 rings (SSSR count). The molecule has 0 aromatic carbocycles. The summed E-state index contributed by atoms with van der Waals surface area (Å²) in [7, 11) is 0. The summed E-state index contributed by atoms with van der Waals surface area (Å²) in [5, 5.41) is 10.8. The minimum atomic E-state index is 0.750. The molecule has 0 spiro atoms. The van der Waals surface area contributed by atoms with Crippen LogP contribution in [0.1, 0.15) is 39.0 Å². The van der Waals surface area contributed by atoms with Crippen LogP contribution in [0.15, 0.2) is 0 Å². The van der Waals surface area contributed by atoms with Gasteiger partial charge in [0, 0.05) is 0 Å². The second-order valence-electron chi connectivity index (χ2n) is 2.95. The van der Waals surface area contributed by atoms with Crippen LogP contribution in [0.5, 0.6) is 0 Å². The Balaban J connectivity index is 0. The summed E-state index contributed by atoms with van der Waals surface area (Å²) in [6.45, 7) is 2.36. The lowest BCUT2D eigenvalue weighted by molar-refractivity contribution is 0.385. The van der Waals surface area contributed by atoms with Crippen molar-refractivity contribution in [3.63, 3.8) is 0 Å². The molecular formula is C9H16N2O2. The molecule has 0 aromatic rings. The first-order chi connectivity index (χ1) is 6.22. The average Bonchev–Trinajstić information content (AvgIpc) is 2.08. The Morgan fingerprint density at radius 3 is 1.46 bits per heavy atom. The van der Waals surface area contributed by atoms with Crippen molar-refractivity contribution in [3.8, 4) is 0 Å².